The first-order valence-corrected chi connectivity index (χ1v) is 5.24. The minimum Gasteiger partial charge on any atom is -0.385 e. The van der Waals surface area contributed by atoms with Crippen molar-refractivity contribution in [2.45, 2.75) is 13.3 Å². The number of benzene rings is 1. The van der Waals surface area contributed by atoms with Gasteiger partial charge in [0.05, 0.1) is 11.6 Å². The van der Waals surface area contributed by atoms with Crippen LogP contribution in [0.3, 0.4) is 0 Å². The van der Waals surface area contributed by atoms with Crippen molar-refractivity contribution in [3.05, 3.63) is 29.8 Å². The van der Waals surface area contributed by atoms with Gasteiger partial charge in [-0.15, -0.1) is 0 Å². The SMILES string of the molecule is CCC(CN)CNc1cccc(C#N)c1. The maximum Gasteiger partial charge on any atom is 0.0992 e. The maximum absolute atomic E-state index is 8.73. The molecule has 0 spiro atoms. The van der Waals surface area contributed by atoms with Gasteiger partial charge in [0.25, 0.3) is 0 Å². The van der Waals surface area contributed by atoms with Gasteiger partial charge in [0.1, 0.15) is 0 Å². The molecule has 0 aromatic heterocycles. The van der Waals surface area contributed by atoms with Gasteiger partial charge in [0, 0.05) is 12.2 Å². The number of hydrogen-bond acceptors (Lipinski definition) is 3. The summed E-state index contributed by atoms with van der Waals surface area (Å²) in [5.41, 5.74) is 7.28. The largest absolute Gasteiger partial charge is 0.385 e. The van der Waals surface area contributed by atoms with Crippen LogP contribution in [-0.2, 0) is 0 Å². The average Bonchev–Trinajstić information content (AvgIpc) is 2.31. The van der Waals surface area contributed by atoms with Crippen LogP contribution in [0, 0.1) is 17.2 Å². The molecule has 0 aliphatic carbocycles. The van der Waals surface area contributed by atoms with E-state index in [4.69, 9.17) is 11.0 Å². The van der Waals surface area contributed by atoms with Gasteiger partial charge in [-0.1, -0.05) is 19.4 Å². The van der Waals surface area contributed by atoms with Crippen LogP contribution in [0.15, 0.2) is 24.3 Å². The molecule has 1 atom stereocenters. The molecule has 1 aromatic rings. The van der Waals surface area contributed by atoms with Gasteiger partial charge in [0.2, 0.25) is 0 Å². The smallest absolute Gasteiger partial charge is 0.0992 e. The maximum atomic E-state index is 8.73. The Balaban J connectivity index is 2.54. The predicted molar refractivity (Wildman–Crippen MR) is 62.5 cm³/mol. The predicted octanol–water partition coefficient (Wildman–Crippen LogP) is 1.96. The second kappa shape index (κ2) is 6.05. The molecule has 0 heterocycles. The van der Waals surface area contributed by atoms with Crippen LogP contribution in [0.5, 0.6) is 0 Å². The molecule has 15 heavy (non-hydrogen) atoms. The Kier molecular flexibility index (Phi) is 4.65. The lowest BCUT2D eigenvalue weighted by Gasteiger charge is -2.14. The summed E-state index contributed by atoms with van der Waals surface area (Å²) in [6, 6.07) is 9.61. The van der Waals surface area contributed by atoms with E-state index in [1.807, 2.05) is 18.2 Å². The molecule has 80 valence electrons. The fourth-order valence-electron chi connectivity index (χ4n) is 1.36. The summed E-state index contributed by atoms with van der Waals surface area (Å²) in [7, 11) is 0. The first-order chi connectivity index (χ1) is 7.30. The van der Waals surface area contributed by atoms with Crippen LogP contribution < -0.4 is 11.1 Å². The highest BCUT2D eigenvalue weighted by molar-refractivity contribution is 5.49. The van der Waals surface area contributed by atoms with E-state index in [9.17, 15) is 0 Å². The molecule has 0 aliphatic heterocycles. The third-order valence-corrected chi connectivity index (χ3v) is 2.50. The van der Waals surface area contributed by atoms with Crippen molar-refractivity contribution in [1.29, 1.82) is 5.26 Å². The molecule has 0 aliphatic rings. The van der Waals surface area contributed by atoms with Crippen molar-refractivity contribution < 1.29 is 0 Å². The Bertz CT molecular complexity index is 337. The Hall–Kier alpha value is -1.53. The number of anilines is 1. The topological polar surface area (TPSA) is 61.8 Å². The van der Waals surface area contributed by atoms with E-state index in [0.29, 0.717) is 18.0 Å². The monoisotopic (exact) mass is 203 g/mol. The van der Waals surface area contributed by atoms with Gasteiger partial charge in [-0.05, 0) is 30.7 Å². The summed E-state index contributed by atoms with van der Waals surface area (Å²) in [6.07, 6.45) is 1.07. The quantitative estimate of drug-likeness (QED) is 0.769. The van der Waals surface area contributed by atoms with Gasteiger partial charge in [-0.25, -0.2) is 0 Å². The Labute approximate surface area is 90.9 Å². The van der Waals surface area contributed by atoms with E-state index in [1.54, 1.807) is 6.07 Å². The normalized spacial score (nSPS) is 11.8. The highest BCUT2D eigenvalue weighted by atomic mass is 14.9. The van der Waals surface area contributed by atoms with Gasteiger partial charge >= 0.3 is 0 Å². The average molecular weight is 203 g/mol. The summed E-state index contributed by atoms with van der Waals surface area (Å²) in [5, 5.41) is 12.0. The molecule has 1 aromatic carbocycles. The highest BCUT2D eigenvalue weighted by Crippen LogP contribution is 2.11. The van der Waals surface area contributed by atoms with Gasteiger partial charge in [-0.3, -0.25) is 0 Å². The molecular formula is C12H17N3. The van der Waals surface area contributed by atoms with Crippen LogP contribution in [0.2, 0.25) is 0 Å². The second-order valence-corrected chi connectivity index (χ2v) is 3.58. The zero-order valence-electron chi connectivity index (χ0n) is 9.03. The van der Waals surface area contributed by atoms with Crippen molar-refractivity contribution in [1.82, 2.24) is 0 Å². The molecule has 0 fully saturated rings. The minimum atomic E-state index is 0.496. The third-order valence-electron chi connectivity index (χ3n) is 2.50. The number of nitriles is 1. The van der Waals surface area contributed by atoms with E-state index < -0.39 is 0 Å². The molecule has 0 amide bonds. The van der Waals surface area contributed by atoms with Crippen molar-refractivity contribution in [3.8, 4) is 6.07 Å². The van der Waals surface area contributed by atoms with Gasteiger partial charge < -0.3 is 11.1 Å². The number of nitrogens with one attached hydrogen (secondary N) is 1. The van der Waals surface area contributed by atoms with Crippen LogP contribution in [0.4, 0.5) is 5.69 Å². The van der Waals surface area contributed by atoms with Crippen molar-refractivity contribution in [3.63, 3.8) is 0 Å². The molecule has 3 N–H and O–H groups in total. The number of nitrogens with zero attached hydrogens (tertiary/aromatic N) is 1. The van der Waals surface area contributed by atoms with E-state index in [0.717, 1.165) is 18.7 Å². The van der Waals surface area contributed by atoms with Crippen LogP contribution in [0.1, 0.15) is 18.9 Å². The van der Waals surface area contributed by atoms with Crippen LogP contribution in [-0.4, -0.2) is 13.1 Å². The van der Waals surface area contributed by atoms with E-state index in [2.05, 4.69) is 18.3 Å². The lowest BCUT2D eigenvalue weighted by atomic mass is 10.1. The third kappa shape index (κ3) is 3.61. The lowest BCUT2D eigenvalue weighted by molar-refractivity contribution is 0.548. The molecular weight excluding hydrogens is 186 g/mol. The van der Waals surface area contributed by atoms with Crippen LogP contribution in [0.25, 0.3) is 0 Å². The number of hydrogen-bond donors (Lipinski definition) is 2. The zero-order chi connectivity index (χ0) is 11.1. The summed E-state index contributed by atoms with van der Waals surface area (Å²) >= 11 is 0. The summed E-state index contributed by atoms with van der Waals surface area (Å²) in [4.78, 5) is 0. The number of nitrogens with two attached hydrogens (primary N) is 1. The fourth-order valence-corrected chi connectivity index (χ4v) is 1.36. The fraction of sp³-hybridized carbons (Fsp3) is 0.417. The lowest BCUT2D eigenvalue weighted by Crippen LogP contribution is -2.22. The summed E-state index contributed by atoms with van der Waals surface area (Å²) in [6.45, 7) is 3.69. The number of rotatable bonds is 5. The first-order valence-electron chi connectivity index (χ1n) is 5.24. The molecule has 0 bridgehead atoms. The Morgan fingerprint density at radius 1 is 1.53 bits per heavy atom. The van der Waals surface area contributed by atoms with Crippen molar-refractivity contribution >= 4 is 5.69 Å². The van der Waals surface area contributed by atoms with Gasteiger partial charge in [0.15, 0.2) is 0 Å². The first kappa shape index (κ1) is 11.5. The minimum absolute atomic E-state index is 0.496. The molecule has 3 nitrogen and oxygen atoms in total. The summed E-state index contributed by atoms with van der Waals surface area (Å²) in [5.74, 6) is 0.496. The molecule has 0 radical (unpaired) electrons. The van der Waals surface area contributed by atoms with E-state index >= 15 is 0 Å². The Morgan fingerprint density at radius 2 is 2.33 bits per heavy atom. The second-order valence-electron chi connectivity index (χ2n) is 3.58. The van der Waals surface area contributed by atoms with E-state index in [1.165, 1.54) is 0 Å². The molecule has 0 saturated heterocycles. The molecule has 1 rings (SSSR count). The zero-order valence-corrected chi connectivity index (χ0v) is 9.03. The van der Waals surface area contributed by atoms with Crippen molar-refractivity contribution in [2.24, 2.45) is 11.7 Å². The van der Waals surface area contributed by atoms with Gasteiger partial charge in [-0.2, -0.15) is 5.26 Å². The standard InChI is InChI=1S/C12H17N3/c1-2-10(7-13)9-15-12-5-3-4-11(6-12)8-14/h3-6,10,15H,2,7,9,13H2,1H3. The molecule has 3 heteroatoms. The highest BCUT2D eigenvalue weighted by Gasteiger charge is 2.03. The summed E-state index contributed by atoms with van der Waals surface area (Å²) < 4.78 is 0. The molecule has 0 saturated carbocycles. The van der Waals surface area contributed by atoms with Crippen molar-refractivity contribution in [2.75, 3.05) is 18.4 Å². The Morgan fingerprint density at radius 3 is 2.93 bits per heavy atom. The van der Waals surface area contributed by atoms with Crippen LogP contribution >= 0.6 is 0 Å². The van der Waals surface area contributed by atoms with E-state index in [-0.39, 0.29) is 0 Å². The molecule has 1 unspecified atom stereocenters.